The Hall–Kier alpha value is -4.12. The zero-order valence-corrected chi connectivity index (χ0v) is 28.7. The van der Waals surface area contributed by atoms with Gasteiger partial charge in [-0.1, -0.05) is 90.3 Å². The summed E-state index contributed by atoms with van der Waals surface area (Å²) in [6.45, 7) is 1.92. The molecule has 0 aliphatic carbocycles. The Morgan fingerprint density at radius 3 is 2.26 bits per heavy atom. The summed E-state index contributed by atoms with van der Waals surface area (Å²) >= 11 is 21.7. The third kappa shape index (κ3) is 9.03. The van der Waals surface area contributed by atoms with Crippen LogP contribution in [0.15, 0.2) is 113 Å². The molecule has 1 aromatic heterocycles. The molecule has 238 valence electrons. The summed E-state index contributed by atoms with van der Waals surface area (Å²) in [4.78, 5) is 45.1. The van der Waals surface area contributed by atoms with Crippen LogP contribution in [0.5, 0.6) is 0 Å². The molecule has 3 N–H and O–H groups in total. The number of nitrogens with zero attached hydrogens (tertiary/aromatic N) is 1. The van der Waals surface area contributed by atoms with E-state index in [1.807, 2.05) is 36.6 Å². The Bertz CT molecular complexity index is 1930. The van der Waals surface area contributed by atoms with Gasteiger partial charge in [0.25, 0.3) is 11.8 Å². The van der Waals surface area contributed by atoms with E-state index in [2.05, 4.69) is 20.9 Å². The number of carbonyl (C=O) groups excluding carboxylic acids is 3. The number of amides is 3. The highest BCUT2D eigenvalue weighted by Gasteiger charge is 2.21. The van der Waals surface area contributed by atoms with Gasteiger partial charge in [-0.2, -0.15) is 0 Å². The Morgan fingerprint density at radius 2 is 1.53 bits per heavy atom. The van der Waals surface area contributed by atoms with Crippen molar-refractivity contribution in [2.45, 2.75) is 23.5 Å². The fourth-order valence-corrected chi connectivity index (χ4v) is 6.84. The normalized spacial score (nSPS) is 11.9. The first-order valence-electron chi connectivity index (χ1n) is 14.3. The van der Waals surface area contributed by atoms with Crippen molar-refractivity contribution in [3.05, 3.63) is 134 Å². The van der Waals surface area contributed by atoms with Crippen molar-refractivity contribution in [3.63, 3.8) is 0 Å². The van der Waals surface area contributed by atoms with E-state index in [4.69, 9.17) is 34.8 Å². The van der Waals surface area contributed by atoms with Crippen LogP contribution >= 0.6 is 57.9 Å². The van der Waals surface area contributed by atoms with Crippen LogP contribution in [0, 0.1) is 0 Å². The first-order valence-corrected chi connectivity index (χ1v) is 17.2. The predicted octanol–water partition coefficient (Wildman–Crippen LogP) is 9.69. The second kappa shape index (κ2) is 16.1. The zero-order valence-electron chi connectivity index (χ0n) is 24.8. The van der Waals surface area contributed by atoms with E-state index in [9.17, 15) is 14.4 Å². The summed E-state index contributed by atoms with van der Waals surface area (Å²) in [6, 6.07) is 28.0. The van der Waals surface area contributed by atoms with Gasteiger partial charge in [-0.05, 0) is 61.0 Å². The highest BCUT2D eigenvalue weighted by molar-refractivity contribution is 8.00. The average molecular weight is 722 g/mol. The van der Waals surface area contributed by atoms with Gasteiger partial charge in [0, 0.05) is 47.7 Å². The highest BCUT2D eigenvalue weighted by Crippen LogP contribution is 2.32. The van der Waals surface area contributed by atoms with Crippen LogP contribution in [0.2, 0.25) is 15.1 Å². The molecule has 1 heterocycles. The highest BCUT2D eigenvalue weighted by atomic mass is 35.5. The number of nitrogens with one attached hydrogen (secondary N) is 3. The van der Waals surface area contributed by atoms with Crippen molar-refractivity contribution in [2.24, 2.45) is 0 Å². The van der Waals surface area contributed by atoms with Crippen LogP contribution in [0.3, 0.4) is 0 Å². The standard InChI is InChI=1S/C35H27Cl3N4O3S2/c1-2-31(34(45)42-35-41-30(20-46-35)24-14-6-7-15-26(24)36)47-23-13-8-12-22(18-23)39-33(44)29(19-25-27(37)16-9-17-28(25)38)40-32(43)21-10-4-3-5-11-21/h3-20,31H,2H2,1H3,(H,39,44)(H,40,43)(H,41,42,45)/b29-19+. The lowest BCUT2D eigenvalue weighted by atomic mass is 10.1. The van der Waals surface area contributed by atoms with Gasteiger partial charge in [-0.3, -0.25) is 14.4 Å². The second-order valence-corrected chi connectivity index (χ2v) is 13.4. The first kappa shape index (κ1) is 34.2. The topological polar surface area (TPSA) is 100 Å². The Balaban J connectivity index is 1.30. The van der Waals surface area contributed by atoms with Crippen LogP contribution in [0.4, 0.5) is 10.8 Å². The van der Waals surface area contributed by atoms with E-state index in [1.54, 1.807) is 72.8 Å². The number of thioether (sulfide) groups is 1. The summed E-state index contributed by atoms with van der Waals surface area (Å²) in [6.07, 6.45) is 1.99. The van der Waals surface area contributed by atoms with Gasteiger partial charge >= 0.3 is 0 Å². The minimum Gasteiger partial charge on any atom is -0.321 e. The minimum atomic E-state index is -0.588. The van der Waals surface area contributed by atoms with E-state index in [-0.39, 0.29) is 11.6 Å². The number of benzene rings is 4. The van der Waals surface area contributed by atoms with Gasteiger partial charge in [0.1, 0.15) is 5.70 Å². The molecule has 0 aliphatic rings. The fourth-order valence-electron chi connectivity index (χ4n) is 4.38. The Labute approximate surface area is 295 Å². The number of halogens is 3. The monoisotopic (exact) mass is 720 g/mol. The molecule has 47 heavy (non-hydrogen) atoms. The minimum absolute atomic E-state index is 0.0580. The molecule has 0 bridgehead atoms. The first-order chi connectivity index (χ1) is 22.7. The summed E-state index contributed by atoms with van der Waals surface area (Å²) in [5.41, 5.74) is 2.64. The third-order valence-electron chi connectivity index (χ3n) is 6.73. The van der Waals surface area contributed by atoms with Crippen LogP contribution in [0.1, 0.15) is 29.3 Å². The van der Waals surface area contributed by atoms with Crippen molar-refractivity contribution >= 4 is 92.5 Å². The molecule has 0 radical (unpaired) electrons. The van der Waals surface area contributed by atoms with Crippen LogP contribution in [-0.2, 0) is 9.59 Å². The predicted molar refractivity (Wildman–Crippen MR) is 195 cm³/mol. The molecule has 1 atom stereocenters. The summed E-state index contributed by atoms with van der Waals surface area (Å²) in [5.74, 6) is -1.26. The lowest BCUT2D eigenvalue weighted by molar-refractivity contribution is -0.116. The molecule has 0 fully saturated rings. The van der Waals surface area contributed by atoms with Crippen LogP contribution < -0.4 is 16.0 Å². The zero-order chi connectivity index (χ0) is 33.3. The molecule has 12 heteroatoms. The Kier molecular flexibility index (Phi) is 11.7. The van der Waals surface area contributed by atoms with Gasteiger partial charge in [-0.15, -0.1) is 23.1 Å². The molecular formula is C35H27Cl3N4O3S2. The molecule has 3 amide bonds. The molecular weight excluding hydrogens is 695 g/mol. The van der Waals surface area contributed by atoms with E-state index < -0.39 is 17.1 Å². The number of carbonyl (C=O) groups is 3. The summed E-state index contributed by atoms with van der Waals surface area (Å²) in [7, 11) is 0. The van der Waals surface area contributed by atoms with Gasteiger partial charge in [0.05, 0.1) is 10.9 Å². The fraction of sp³-hybridized carbons (Fsp3) is 0.0857. The van der Waals surface area contributed by atoms with Crippen molar-refractivity contribution in [1.82, 2.24) is 10.3 Å². The maximum absolute atomic E-state index is 13.6. The van der Waals surface area contributed by atoms with Crippen LogP contribution in [0.25, 0.3) is 17.3 Å². The second-order valence-electron chi connectivity index (χ2n) is 10.0. The van der Waals surface area contributed by atoms with E-state index in [0.717, 1.165) is 10.5 Å². The summed E-state index contributed by atoms with van der Waals surface area (Å²) < 4.78 is 0. The molecule has 4 aromatic carbocycles. The quantitative estimate of drug-likeness (QED) is 0.0932. The van der Waals surface area contributed by atoms with E-state index in [1.165, 1.54) is 29.2 Å². The SMILES string of the molecule is CCC(Sc1cccc(NC(=O)/C(=C\c2c(Cl)cccc2Cl)NC(=O)c2ccccc2)c1)C(=O)Nc1nc(-c2ccccc2Cl)cs1. The van der Waals surface area contributed by atoms with Crippen LogP contribution in [-0.4, -0.2) is 28.0 Å². The molecule has 5 aromatic rings. The number of hydrogen-bond acceptors (Lipinski definition) is 6. The molecule has 0 saturated carbocycles. The third-order valence-corrected chi connectivity index (χ3v) is 9.84. The van der Waals surface area contributed by atoms with E-state index in [0.29, 0.717) is 49.1 Å². The molecule has 0 saturated heterocycles. The van der Waals surface area contributed by atoms with Gasteiger partial charge in [-0.25, -0.2) is 4.98 Å². The molecule has 0 aliphatic heterocycles. The van der Waals surface area contributed by atoms with Gasteiger partial charge < -0.3 is 16.0 Å². The van der Waals surface area contributed by atoms with Gasteiger partial charge in [0.15, 0.2) is 5.13 Å². The Morgan fingerprint density at radius 1 is 0.851 bits per heavy atom. The number of thiazole rings is 1. The smallest absolute Gasteiger partial charge is 0.272 e. The molecule has 1 unspecified atom stereocenters. The largest absolute Gasteiger partial charge is 0.321 e. The lowest BCUT2D eigenvalue weighted by Gasteiger charge is -2.15. The number of hydrogen-bond donors (Lipinski definition) is 3. The van der Waals surface area contributed by atoms with Crippen molar-refractivity contribution in [3.8, 4) is 11.3 Å². The summed E-state index contributed by atoms with van der Waals surface area (Å²) in [5, 5.41) is 11.5. The van der Waals surface area contributed by atoms with Crippen molar-refractivity contribution < 1.29 is 14.4 Å². The van der Waals surface area contributed by atoms with Crippen molar-refractivity contribution in [2.75, 3.05) is 10.6 Å². The maximum Gasteiger partial charge on any atom is 0.272 e. The molecule has 7 nitrogen and oxygen atoms in total. The lowest BCUT2D eigenvalue weighted by Crippen LogP contribution is -2.30. The number of aromatic nitrogens is 1. The molecule has 5 rings (SSSR count). The average Bonchev–Trinajstić information content (AvgIpc) is 3.53. The van der Waals surface area contributed by atoms with Crippen molar-refractivity contribution in [1.29, 1.82) is 0 Å². The number of anilines is 2. The number of rotatable bonds is 11. The molecule has 0 spiro atoms. The maximum atomic E-state index is 13.6. The van der Waals surface area contributed by atoms with E-state index >= 15 is 0 Å². The van der Waals surface area contributed by atoms with Gasteiger partial charge in [0.2, 0.25) is 5.91 Å².